The van der Waals surface area contributed by atoms with Crippen LogP contribution in [0.25, 0.3) is 10.9 Å². The summed E-state index contributed by atoms with van der Waals surface area (Å²) in [5.74, 6) is 1.42. The summed E-state index contributed by atoms with van der Waals surface area (Å²) in [7, 11) is 0. The van der Waals surface area contributed by atoms with Gasteiger partial charge in [-0.2, -0.15) is 0 Å². The van der Waals surface area contributed by atoms with Crippen molar-refractivity contribution in [2.45, 2.75) is 33.4 Å². The molecular weight excluding hydrogens is 314 g/mol. The third-order valence-electron chi connectivity index (χ3n) is 4.14. The quantitative estimate of drug-likeness (QED) is 0.619. The highest BCUT2D eigenvalue weighted by molar-refractivity contribution is 5.83. The van der Waals surface area contributed by atoms with E-state index < -0.39 is 0 Å². The van der Waals surface area contributed by atoms with E-state index in [4.69, 9.17) is 0 Å². The molecule has 3 N–H and O–H groups in total. The Labute approximate surface area is 147 Å². The Morgan fingerprint density at radius 1 is 1.28 bits per heavy atom. The van der Waals surface area contributed by atoms with E-state index in [1.807, 2.05) is 18.5 Å². The number of imidazole rings is 1. The van der Waals surface area contributed by atoms with Crippen LogP contribution in [0.4, 0.5) is 4.79 Å². The first-order valence-electron chi connectivity index (χ1n) is 8.70. The lowest BCUT2D eigenvalue weighted by molar-refractivity contribution is 0.240. The maximum absolute atomic E-state index is 12.0. The van der Waals surface area contributed by atoms with E-state index in [1.165, 1.54) is 10.9 Å². The number of fused-ring (bicyclic) bond motifs is 1. The molecule has 0 radical (unpaired) electrons. The number of rotatable bonds is 7. The second-order valence-corrected chi connectivity index (χ2v) is 6.61. The fraction of sp³-hybridized carbons (Fsp3) is 0.368. The van der Waals surface area contributed by atoms with Gasteiger partial charge in [-0.3, -0.25) is 0 Å². The molecule has 0 saturated carbocycles. The van der Waals surface area contributed by atoms with Gasteiger partial charge in [-0.15, -0.1) is 0 Å². The van der Waals surface area contributed by atoms with E-state index in [2.05, 4.69) is 57.2 Å². The Kier molecular flexibility index (Phi) is 5.38. The van der Waals surface area contributed by atoms with Crippen molar-refractivity contribution < 1.29 is 4.79 Å². The number of aromatic amines is 1. The van der Waals surface area contributed by atoms with E-state index in [9.17, 15) is 4.79 Å². The van der Waals surface area contributed by atoms with Crippen LogP contribution < -0.4 is 10.6 Å². The van der Waals surface area contributed by atoms with Gasteiger partial charge in [0.15, 0.2) is 0 Å². The van der Waals surface area contributed by atoms with Gasteiger partial charge in [0.25, 0.3) is 0 Å². The molecule has 0 fully saturated rings. The monoisotopic (exact) mass is 339 g/mol. The molecule has 25 heavy (non-hydrogen) atoms. The number of carbonyl (C=O) groups excluding carboxylic acids is 1. The number of aromatic nitrogens is 3. The molecule has 0 spiro atoms. The van der Waals surface area contributed by atoms with Crippen molar-refractivity contribution in [3.63, 3.8) is 0 Å². The van der Waals surface area contributed by atoms with Crippen molar-refractivity contribution >= 4 is 16.9 Å². The first kappa shape index (κ1) is 17.1. The zero-order chi connectivity index (χ0) is 17.6. The molecule has 6 heteroatoms. The Morgan fingerprint density at radius 3 is 3.00 bits per heavy atom. The molecule has 0 aliphatic carbocycles. The van der Waals surface area contributed by atoms with Crippen molar-refractivity contribution in [3.8, 4) is 0 Å². The van der Waals surface area contributed by atoms with E-state index in [-0.39, 0.29) is 6.03 Å². The molecule has 3 aromatic rings. The number of urea groups is 1. The number of amides is 2. The van der Waals surface area contributed by atoms with Crippen LogP contribution in [0.5, 0.6) is 0 Å². The third kappa shape index (κ3) is 4.41. The first-order chi connectivity index (χ1) is 12.1. The fourth-order valence-corrected chi connectivity index (χ4v) is 2.97. The predicted molar refractivity (Wildman–Crippen MR) is 99.3 cm³/mol. The molecule has 6 nitrogen and oxygen atoms in total. The van der Waals surface area contributed by atoms with Crippen LogP contribution in [0.2, 0.25) is 0 Å². The van der Waals surface area contributed by atoms with Gasteiger partial charge in [0, 0.05) is 42.6 Å². The summed E-state index contributed by atoms with van der Waals surface area (Å²) in [5, 5.41) is 7.00. The highest BCUT2D eigenvalue weighted by Gasteiger charge is 2.07. The molecule has 2 amide bonds. The summed E-state index contributed by atoms with van der Waals surface area (Å²) in [6.45, 7) is 6.25. The number of carbonyl (C=O) groups is 1. The molecule has 132 valence electrons. The highest BCUT2D eigenvalue weighted by atomic mass is 16.2. The van der Waals surface area contributed by atoms with Gasteiger partial charge in [0.2, 0.25) is 0 Å². The molecule has 1 aromatic carbocycles. The van der Waals surface area contributed by atoms with E-state index in [1.54, 1.807) is 6.20 Å². The van der Waals surface area contributed by atoms with E-state index in [0.717, 1.165) is 24.3 Å². The minimum atomic E-state index is -0.166. The molecule has 0 atom stereocenters. The zero-order valence-electron chi connectivity index (χ0n) is 14.7. The van der Waals surface area contributed by atoms with Crippen LogP contribution in [0.3, 0.4) is 0 Å². The second kappa shape index (κ2) is 7.88. The van der Waals surface area contributed by atoms with Gasteiger partial charge in [-0.1, -0.05) is 26.0 Å². The van der Waals surface area contributed by atoms with Crippen LogP contribution >= 0.6 is 0 Å². The minimum absolute atomic E-state index is 0.166. The molecule has 0 unspecified atom stereocenters. The summed E-state index contributed by atoms with van der Waals surface area (Å²) < 4.78 is 2.08. The van der Waals surface area contributed by atoms with Crippen molar-refractivity contribution in [3.05, 3.63) is 54.2 Å². The highest BCUT2D eigenvalue weighted by Crippen LogP contribution is 2.17. The average Bonchev–Trinajstić information content (AvgIpc) is 3.22. The van der Waals surface area contributed by atoms with Crippen LogP contribution in [0.15, 0.2) is 42.9 Å². The Hall–Kier alpha value is -2.76. The van der Waals surface area contributed by atoms with Gasteiger partial charge < -0.3 is 20.2 Å². The first-order valence-corrected chi connectivity index (χ1v) is 8.70. The number of benzene rings is 1. The van der Waals surface area contributed by atoms with E-state index >= 15 is 0 Å². The van der Waals surface area contributed by atoms with Crippen LogP contribution in [0.1, 0.15) is 25.2 Å². The SMILES string of the molecule is CC(C)Cn1ccnc1CNC(=O)NCCc1cccc2[nH]ccc12. The topological polar surface area (TPSA) is 74.7 Å². The average molecular weight is 339 g/mol. The molecule has 2 aromatic heterocycles. The molecule has 3 rings (SSSR count). The standard InChI is InChI=1S/C19H25N5O/c1-14(2)13-24-11-10-21-18(24)12-23-19(25)22-8-6-15-4-3-5-17-16(15)7-9-20-17/h3-5,7,9-11,14,20H,6,8,12-13H2,1-2H3,(H2,22,23,25). The number of hydrogen-bond donors (Lipinski definition) is 3. The molecular formula is C19H25N5O. The van der Waals surface area contributed by atoms with Gasteiger partial charge in [0.1, 0.15) is 5.82 Å². The summed E-state index contributed by atoms with van der Waals surface area (Å²) >= 11 is 0. The van der Waals surface area contributed by atoms with Crippen LogP contribution in [-0.4, -0.2) is 27.1 Å². The maximum atomic E-state index is 12.0. The van der Waals surface area contributed by atoms with Gasteiger partial charge in [-0.25, -0.2) is 9.78 Å². The number of nitrogens with one attached hydrogen (secondary N) is 3. The lowest BCUT2D eigenvalue weighted by atomic mass is 10.1. The molecule has 0 aliphatic rings. The number of H-pyrrole nitrogens is 1. The molecule has 0 bridgehead atoms. The number of hydrogen-bond acceptors (Lipinski definition) is 2. The van der Waals surface area contributed by atoms with Crippen molar-refractivity contribution in [2.24, 2.45) is 5.92 Å². The van der Waals surface area contributed by atoms with Crippen molar-refractivity contribution in [1.29, 1.82) is 0 Å². The largest absolute Gasteiger partial charge is 0.361 e. The van der Waals surface area contributed by atoms with E-state index in [0.29, 0.717) is 19.0 Å². The van der Waals surface area contributed by atoms with Crippen LogP contribution in [0, 0.1) is 5.92 Å². The summed E-state index contributed by atoms with van der Waals surface area (Å²) in [5.41, 5.74) is 2.35. The minimum Gasteiger partial charge on any atom is -0.361 e. The Balaban J connectivity index is 1.46. The Morgan fingerprint density at radius 2 is 2.16 bits per heavy atom. The van der Waals surface area contributed by atoms with Crippen LogP contribution in [-0.2, 0) is 19.5 Å². The Bertz CT molecular complexity index is 833. The normalized spacial score (nSPS) is 11.2. The van der Waals surface area contributed by atoms with Gasteiger partial charge in [-0.05, 0) is 30.0 Å². The van der Waals surface area contributed by atoms with Crippen molar-refractivity contribution in [1.82, 2.24) is 25.2 Å². The lowest BCUT2D eigenvalue weighted by Crippen LogP contribution is -2.36. The fourth-order valence-electron chi connectivity index (χ4n) is 2.97. The predicted octanol–water partition coefficient (Wildman–Crippen LogP) is 3.06. The number of nitrogens with zero attached hydrogens (tertiary/aromatic N) is 2. The summed E-state index contributed by atoms with van der Waals surface area (Å²) in [6.07, 6.45) is 6.46. The third-order valence-corrected chi connectivity index (χ3v) is 4.14. The molecule has 2 heterocycles. The lowest BCUT2D eigenvalue weighted by Gasteiger charge is -2.11. The van der Waals surface area contributed by atoms with Gasteiger partial charge >= 0.3 is 6.03 Å². The smallest absolute Gasteiger partial charge is 0.315 e. The molecule has 0 saturated heterocycles. The van der Waals surface area contributed by atoms with Gasteiger partial charge in [0.05, 0.1) is 6.54 Å². The summed E-state index contributed by atoms with van der Waals surface area (Å²) in [6, 6.07) is 8.08. The van der Waals surface area contributed by atoms with Crippen molar-refractivity contribution in [2.75, 3.05) is 6.54 Å². The molecule has 0 aliphatic heterocycles. The second-order valence-electron chi connectivity index (χ2n) is 6.61. The summed E-state index contributed by atoms with van der Waals surface area (Å²) in [4.78, 5) is 19.5. The maximum Gasteiger partial charge on any atom is 0.315 e. The zero-order valence-corrected chi connectivity index (χ0v) is 14.7.